The lowest BCUT2D eigenvalue weighted by molar-refractivity contribution is 0.0942. The molecular formula is C11H17N3O2. The molecule has 0 bridgehead atoms. The summed E-state index contributed by atoms with van der Waals surface area (Å²) in [5.74, 6) is 0.506. The molecule has 1 atom stereocenters. The molecule has 16 heavy (non-hydrogen) atoms. The van der Waals surface area contributed by atoms with Gasteiger partial charge in [0.15, 0.2) is 5.78 Å². The van der Waals surface area contributed by atoms with Crippen molar-refractivity contribution < 1.29 is 9.53 Å². The van der Waals surface area contributed by atoms with Crippen molar-refractivity contribution in [1.29, 1.82) is 0 Å². The molecule has 1 aromatic heterocycles. The summed E-state index contributed by atoms with van der Waals surface area (Å²) in [5.41, 5.74) is 0.633. The second-order valence-corrected chi connectivity index (χ2v) is 4.20. The van der Waals surface area contributed by atoms with Crippen LogP contribution in [-0.2, 0) is 11.3 Å². The van der Waals surface area contributed by atoms with Gasteiger partial charge in [-0.2, -0.15) is 0 Å². The molecule has 1 saturated heterocycles. The minimum atomic E-state index is 0.133. The quantitative estimate of drug-likeness (QED) is 0.706. The van der Waals surface area contributed by atoms with E-state index in [1.807, 2.05) is 0 Å². The maximum atomic E-state index is 12.0. The van der Waals surface area contributed by atoms with E-state index in [4.69, 9.17) is 4.74 Å². The number of aryl methyl sites for hydroxylation is 1. The first-order valence-corrected chi connectivity index (χ1v) is 5.80. The molecule has 1 aliphatic rings. The normalized spacial score (nSPS) is 20.2. The van der Waals surface area contributed by atoms with Crippen molar-refractivity contribution in [2.45, 2.75) is 32.7 Å². The first-order chi connectivity index (χ1) is 7.81. The number of aromatic nitrogens is 3. The van der Waals surface area contributed by atoms with E-state index in [1.54, 1.807) is 10.9 Å². The van der Waals surface area contributed by atoms with E-state index in [0.717, 1.165) is 26.0 Å². The van der Waals surface area contributed by atoms with Crippen molar-refractivity contribution in [1.82, 2.24) is 15.0 Å². The Labute approximate surface area is 94.8 Å². The number of hydrogen-bond acceptors (Lipinski definition) is 4. The Bertz CT molecular complexity index is 356. The third-order valence-corrected chi connectivity index (χ3v) is 2.84. The van der Waals surface area contributed by atoms with E-state index >= 15 is 0 Å². The molecule has 1 aliphatic heterocycles. The van der Waals surface area contributed by atoms with E-state index in [2.05, 4.69) is 17.2 Å². The largest absolute Gasteiger partial charge is 0.381 e. The van der Waals surface area contributed by atoms with Gasteiger partial charge in [-0.3, -0.25) is 4.79 Å². The fourth-order valence-corrected chi connectivity index (χ4v) is 1.96. The van der Waals surface area contributed by atoms with E-state index < -0.39 is 0 Å². The summed E-state index contributed by atoms with van der Waals surface area (Å²) in [6.07, 6.45) is 4.06. The molecule has 1 unspecified atom stereocenters. The molecule has 0 aliphatic carbocycles. The fourth-order valence-electron chi connectivity index (χ4n) is 1.96. The molecule has 1 aromatic rings. The van der Waals surface area contributed by atoms with Gasteiger partial charge in [-0.1, -0.05) is 12.1 Å². The molecule has 0 spiro atoms. The second kappa shape index (κ2) is 5.21. The van der Waals surface area contributed by atoms with Crippen LogP contribution in [0.2, 0.25) is 0 Å². The Morgan fingerprint density at radius 2 is 2.56 bits per heavy atom. The predicted molar refractivity (Wildman–Crippen MR) is 58.2 cm³/mol. The van der Waals surface area contributed by atoms with Gasteiger partial charge in [-0.25, -0.2) is 4.68 Å². The Hall–Kier alpha value is -1.23. The van der Waals surface area contributed by atoms with Crippen molar-refractivity contribution >= 4 is 5.78 Å². The lowest BCUT2D eigenvalue weighted by atomic mass is 10.0. The van der Waals surface area contributed by atoms with Gasteiger partial charge in [0.05, 0.1) is 6.20 Å². The van der Waals surface area contributed by atoms with Gasteiger partial charge in [0, 0.05) is 26.2 Å². The number of carbonyl (C=O) groups excluding carboxylic acids is 1. The standard InChI is InChI=1S/C11H17N3O2/c1-2-4-14-10(7-12-13-14)11(15)6-9-3-5-16-8-9/h7,9H,2-6,8H2,1H3. The zero-order valence-corrected chi connectivity index (χ0v) is 9.56. The van der Waals surface area contributed by atoms with Gasteiger partial charge in [0.1, 0.15) is 5.69 Å². The topological polar surface area (TPSA) is 57.0 Å². The average Bonchev–Trinajstić information content (AvgIpc) is 2.89. The van der Waals surface area contributed by atoms with Crippen LogP contribution in [0.15, 0.2) is 6.20 Å². The lowest BCUT2D eigenvalue weighted by Gasteiger charge is -2.07. The second-order valence-electron chi connectivity index (χ2n) is 4.20. The fraction of sp³-hybridized carbons (Fsp3) is 0.727. The summed E-state index contributed by atoms with van der Waals surface area (Å²) in [5, 5.41) is 7.71. The Morgan fingerprint density at radius 3 is 3.25 bits per heavy atom. The third-order valence-electron chi connectivity index (χ3n) is 2.84. The maximum absolute atomic E-state index is 12.0. The number of nitrogens with zero attached hydrogens (tertiary/aromatic N) is 3. The molecule has 5 nitrogen and oxygen atoms in total. The van der Waals surface area contributed by atoms with Gasteiger partial charge in [-0.15, -0.1) is 5.10 Å². The van der Waals surface area contributed by atoms with Crippen LogP contribution in [0.25, 0.3) is 0 Å². The molecule has 2 heterocycles. The number of ketones is 1. The molecule has 2 rings (SSSR count). The highest BCUT2D eigenvalue weighted by Gasteiger charge is 2.22. The molecule has 0 N–H and O–H groups in total. The van der Waals surface area contributed by atoms with Crippen LogP contribution in [0.3, 0.4) is 0 Å². The highest BCUT2D eigenvalue weighted by molar-refractivity contribution is 5.94. The molecular weight excluding hydrogens is 206 g/mol. The molecule has 88 valence electrons. The highest BCUT2D eigenvalue weighted by Crippen LogP contribution is 2.18. The van der Waals surface area contributed by atoms with Gasteiger partial charge >= 0.3 is 0 Å². The Kier molecular flexibility index (Phi) is 3.66. The van der Waals surface area contributed by atoms with E-state index in [-0.39, 0.29) is 5.78 Å². The first-order valence-electron chi connectivity index (χ1n) is 5.80. The van der Waals surface area contributed by atoms with Crippen LogP contribution in [-0.4, -0.2) is 34.0 Å². The Morgan fingerprint density at radius 1 is 1.69 bits per heavy atom. The van der Waals surface area contributed by atoms with Crippen molar-refractivity contribution in [2.75, 3.05) is 13.2 Å². The molecule has 1 fully saturated rings. The maximum Gasteiger partial charge on any atom is 0.182 e. The lowest BCUT2D eigenvalue weighted by Crippen LogP contribution is -2.14. The van der Waals surface area contributed by atoms with Crippen LogP contribution in [0.1, 0.15) is 36.7 Å². The van der Waals surface area contributed by atoms with Crippen LogP contribution in [0, 0.1) is 5.92 Å². The molecule has 5 heteroatoms. The van der Waals surface area contributed by atoms with Crippen LogP contribution in [0.4, 0.5) is 0 Å². The van der Waals surface area contributed by atoms with Gasteiger partial charge in [-0.05, 0) is 18.8 Å². The van der Waals surface area contributed by atoms with Crippen molar-refractivity contribution in [3.63, 3.8) is 0 Å². The minimum absolute atomic E-state index is 0.133. The van der Waals surface area contributed by atoms with Gasteiger partial charge in [0.2, 0.25) is 0 Å². The number of Topliss-reactive ketones (excluding diaryl/α,β-unsaturated/α-hetero) is 1. The summed E-state index contributed by atoms with van der Waals surface area (Å²) in [7, 11) is 0. The van der Waals surface area contributed by atoms with E-state index in [1.165, 1.54) is 0 Å². The summed E-state index contributed by atoms with van der Waals surface area (Å²) >= 11 is 0. The number of rotatable bonds is 5. The van der Waals surface area contributed by atoms with Crippen molar-refractivity contribution in [2.24, 2.45) is 5.92 Å². The highest BCUT2D eigenvalue weighted by atomic mass is 16.5. The molecule has 0 amide bonds. The Balaban J connectivity index is 1.99. The van der Waals surface area contributed by atoms with Gasteiger partial charge in [0.25, 0.3) is 0 Å². The smallest absolute Gasteiger partial charge is 0.182 e. The van der Waals surface area contributed by atoms with Crippen molar-refractivity contribution in [3.05, 3.63) is 11.9 Å². The first kappa shape index (κ1) is 11.3. The zero-order valence-electron chi connectivity index (χ0n) is 9.56. The third kappa shape index (κ3) is 2.47. The number of carbonyl (C=O) groups is 1. The molecule has 0 saturated carbocycles. The molecule has 0 radical (unpaired) electrons. The number of ether oxygens (including phenoxy) is 1. The van der Waals surface area contributed by atoms with Crippen molar-refractivity contribution in [3.8, 4) is 0 Å². The summed E-state index contributed by atoms with van der Waals surface area (Å²) in [4.78, 5) is 12.0. The minimum Gasteiger partial charge on any atom is -0.381 e. The average molecular weight is 223 g/mol. The predicted octanol–water partition coefficient (Wildman–Crippen LogP) is 1.30. The molecule has 0 aromatic carbocycles. The van der Waals surface area contributed by atoms with E-state index in [9.17, 15) is 4.79 Å². The van der Waals surface area contributed by atoms with Crippen LogP contribution < -0.4 is 0 Å². The number of hydrogen-bond donors (Lipinski definition) is 0. The zero-order chi connectivity index (χ0) is 11.4. The van der Waals surface area contributed by atoms with Crippen LogP contribution in [0.5, 0.6) is 0 Å². The summed E-state index contributed by atoms with van der Waals surface area (Å²) < 4.78 is 6.96. The van der Waals surface area contributed by atoms with E-state index in [0.29, 0.717) is 24.6 Å². The SMILES string of the molecule is CCCn1nncc1C(=O)CC1CCOC1. The summed E-state index contributed by atoms with van der Waals surface area (Å²) in [6, 6.07) is 0. The monoisotopic (exact) mass is 223 g/mol. The van der Waals surface area contributed by atoms with Crippen LogP contribution >= 0.6 is 0 Å². The van der Waals surface area contributed by atoms with Gasteiger partial charge < -0.3 is 4.74 Å². The summed E-state index contributed by atoms with van der Waals surface area (Å²) in [6.45, 7) is 4.30.